The van der Waals surface area contributed by atoms with Crippen LogP contribution in [0.15, 0.2) is 42.9 Å². The fraction of sp³-hybridized carbons (Fsp3) is 0.389. The molecule has 0 saturated carbocycles. The highest BCUT2D eigenvalue weighted by Gasteiger charge is 2.14. The molecule has 128 valence electrons. The Balaban J connectivity index is 1.70. The Morgan fingerprint density at radius 3 is 2.71 bits per heavy atom. The van der Waals surface area contributed by atoms with Gasteiger partial charge in [-0.2, -0.15) is 0 Å². The summed E-state index contributed by atoms with van der Waals surface area (Å²) in [5.41, 5.74) is 1.91. The van der Waals surface area contributed by atoms with Crippen LogP contribution in [0, 0.1) is 5.82 Å². The van der Waals surface area contributed by atoms with Crippen molar-refractivity contribution in [3.63, 3.8) is 0 Å². The number of hydrogen-bond acceptors (Lipinski definition) is 4. The lowest BCUT2D eigenvalue weighted by Crippen LogP contribution is -2.40. The van der Waals surface area contributed by atoms with E-state index in [0.717, 1.165) is 17.7 Å². The molecule has 6 heteroatoms. The Morgan fingerprint density at radius 2 is 2.04 bits per heavy atom. The van der Waals surface area contributed by atoms with E-state index in [9.17, 15) is 9.18 Å². The summed E-state index contributed by atoms with van der Waals surface area (Å²) in [7, 11) is 1.92. The molecule has 1 unspecified atom stereocenters. The van der Waals surface area contributed by atoms with Crippen molar-refractivity contribution in [2.45, 2.75) is 25.8 Å². The standard InChI is InChI=1S/C18H23FN4O/c1-14(11-17-12-20-9-10-21-17)23(2)13-18(24)22-8-7-15-3-5-16(19)6-4-15/h3-6,9-10,12,14H,7-8,11,13H2,1-2H3,(H,22,24). The normalized spacial score (nSPS) is 12.2. The van der Waals surface area contributed by atoms with Gasteiger partial charge in [0.1, 0.15) is 5.82 Å². The summed E-state index contributed by atoms with van der Waals surface area (Å²) in [5.74, 6) is -0.271. The van der Waals surface area contributed by atoms with E-state index in [2.05, 4.69) is 22.2 Å². The van der Waals surface area contributed by atoms with E-state index in [1.54, 1.807) is 30.7 Å². The first kappa shape index (κ1) is 18.0. The first-order valence-electron chi connectivity index (χ1n) is 8.01. The zero-order valence-corrected chi connectivity index (χ0v) is 14.1. The van der Waals surface area contributed by atoms with Crippen molar-refractivity contribution < 1.29 is 9.18 Å². The number of carbonyl (C=O) groups is 1. The largest absolute Gasteiger partial charge is 0.355 e. The van der Waals surface area contributed by atoms with Gasteiger partial charge in [0, 0.05) is 37.6 Å². The number of benzene rings is 1. The van der Waals surface area contributed by atoms with Gasteiger partial charge >= 0.3 is 0 Å². The molecule has 0 aliphatic carbocycles. The number of amides is 1. The average Bonchev–Trinajstić information content (AvgIpc) is 2.57. The highest BCUT2D eigenvalue weighted by atomic mass is 19.1. The van der Waals surface area contributed by atoms with Crippen molar-refractivity contribution in [1.82, 2.24) is 20.2 Å². The van der Waals surface area contributed by atoms with E-state index in [0.29, 0.717) is 19.5 Å². The maximum atomic E-state index is 12.8. The lowest BCUT2D eigenvalue weighted by atomic mass is 10.1. The minimum Gasteiger partial charge on any atom is -0.355 e. The van der Waals surface area contributed by atoms with E-state index in [1.807, 2.05) is 11.9 Å². The van der Waals surface area contributed by atoms with Crippen molar-refractivity contribution >= 4 is 5.91 Å². The minimum absolute atomic E-state index is 0.0226. The smallest absolute Gasteiger partial charge is 0.234 e. The number of carbonyl (C=O) groups excluding carboxylic acids is 1. The van der Waals surface area contributed by atoms with Crippen molar-refractivity contribution in [3.05, 3.63) is 59.9 Å². The Kier molecular flexibility index (Phi) is 6.81. The molecule has 0 fully saturated rings. The van der Waals surface area contributed by atoms with Gasteiger partial charge in [-0.25, -0.2) is 4.39 Å². The molecule has 24 heavy (non-hydrogen) atoms. The van der Waals surface area contributed by atoms with Crippen LogP contribution in [0.3, 0.4) is 0 Å². The summed E-state index contributed by atoms with van der Waals surface area (Å²) in [6.07, 6.45) is 6.49. The van der Waals surface area contributed by atoms with Gasteiger partial charge in [0.25, 0.3) is 0 Å². The van der Waals surface area contributed by atoms with Crippen LogP contribution in [0.5, 0.6) is 0 Å². The molecule has 1 atom stereocenters. The van der Waals surface area contributed by atoms with Gasteiger partial charge in [-0.15, -0.1) is 0 Å². The number of hydrogen-bond donors (Lipinski definition) is 1. The van der Waals surface area contributed by atoms with Gasteiger partial charge in [0.15, 0.2) is 0 Å². The highest BCUT2D eigenvalue weighted by molar-refractivity contribution is 5.78. The lowest BCUT2D eigenvalue weighted by Gasteiger charge is -2.23. The third-order valence-corrected chi connectivity index (χ3v) is 3.92. The molecular weight excluding hydrogens is 307 g/mol. The zero-order chi connectivity index (χ0) is 17.4. The van der Waals surface area contributed by atoms with Crippen LogP contribution in [0.1, 0.15) is 18.2 Å². The number of likely N-dealkylation sites (N-methyl/N-ethyl adjacent to an activating group) is 1. The predicted molar refractivity (Wildman–Crippen MR) is 90.9 cm³/mol. The van der Waals surface area contributed by atoms with Gasteiger partial charge in [-0.3, -0.25) is 19.7 Å². The molecule has 0 bridgehead atoms. The fourth-order valence-corrected chi connectivity index (χ4v) is 2.33. The van der Waals surface area contributed by atoms with Crippen molar-refractivity contribution in [2.75, 3.05) is 20.1 Å². The number of rotatable bonds is 8. The summed E-state index contributed by atoms with van der Waals surface area (Å²) < 4.78 is 12.8. The number of halogens is 1. The van der Waals surface area contributed by atoms with E-state index in [4.69, 9.17) is 0 Å². The molecule has 1 aromatic carbocycles. The topological polar surface area (TPSA) is 58.1 Å². The molecule has 0 aliphatic rings. The highest BCUT2D eigenvalue weighted by Crippen LogP contribution is 2.04. The Morgan fingerprint density at radius 1 is 1.29 bits per heavy atom. The molecule has 0 spiro atoms. The molecule has 2 aromatic rings. The molecule has 2 rings (SSSR count). The van der Waals surface area contributed by atoms with Crippen molar-refractivity contribution in [2.24, 2.45) is 0 Å². The maximum absolute atomic E-state index is 12.8. The predicted octanol–water partition coefficient (Wildman–Crippen LogP) is 1.84. The zero-order valence-electron chi connectivity index (χ0n) is 14.1. The summed E-state index contributed by atoms with van der Waals surface area (Å²) in [6.45, 7) is 2.92. The van der Waals surface area contributed by atoms with Crippen LogP contribution < -0.4 is 5.32 Å². The van der Waals surface area contributed by atoms with Crippen molar-refractivity contribution in [3.8, 4) is 0 Å². The molecule has 0 radical (unpaired) electrons. The van der Waals surface area contributed by atoms with Gasteiger partial charge < -0.3 is 5.32 Å². The third-order valence-electron chi connectivity index (χ3n) is 3.92. The summed E-state index contributed by atoms with van der Waals surface area (Å²) in [4.78, 5) is 22.3. The van der Waals surface area contributed by atoms with Crippen LogP contribution >= 0.6 is 0 Å². The second-order valence-electron chi connectivity index (χ2n) is 5.89. The summed E-state index contributed by atoms with van der Waals surface area (Å²) in [5, 5.41) is 2.89. The van der Waals surface area contributed by atoms with Crippen LogP contribution in [0.4, 0.5) is 4.39 Å². The Bertz CT molecular complexity index is 633. The number of nitrogens with zero attached hydrogens (tertiary/aromatic N) is 3. The Hall–Kier alpha value is -2.34. The summed E-state index contributed by atoms with van der Waals surface area (Å²) >= 11 is 0. The van der Waals surface area contributed by atoms with Gasteiger partial charge in [0.05, 0.1) is 12.2 Å². The minimum atomic E-state index is -0.249. The first-order chi connectivity index (χ1) is 11.5. The second-order valence-corrected chi connectivity index (χ2v) is 5.89. The third kappa shape index (κ3) is 6.04. The van der Waals surface area contributed by atoms with Crippen LogP contribution in [0.2, 0.25) is 0 Å². The second kappa shape index (κ2) is 9.08. The van der Waals surface area contributed by atoms with Gasteiger partial charge in [0.2, 0.25) is 5.91 Å². The van der Waals surface area contributed by atoms with Crippen molar-refractivity contribution in [1.29, 1.82) is 0 Å². The van der Waals surface area contributed by atoms with Crippen LogP contribution in [-0.2, 0) is 17.6 Å². The fourth-order valence-electron chi connectivity index (χ4n) is 2.33. The monoisotopic (exact) mass is 330 g/mol. The van der Waals surface area contributed by atoms with E-state index in [-0.39, 0.29) is 17.8 Å². The molecule has 1 amide bonds. The molecule has 1 heterocycles. The lowest BCUT2D eigenvalue weighted by molar-refractivity contribution is -0.122. The molecule has 0 aliphatic heterocycles. The number of nitrogens with one attached hydrogen (secondary N) is 1. The van der Waals surface area contributed by atoms with E-state index < -0.39 is 0 Å². The Labute approximate surface area is 141 Å². The van der Waals surface area contributed by atoms with Gasteiger partial charge in [-0.1, -0.05) is 12.1 Å². The van der Waals surface area contributed by atoms with Crippen LogP contribution in [0.25, 0.3) is 0 Å². The SMILES string of the molecule is CC(Cc1cnccn1)N(C)CC(=O)NCCc1ccc(F)cc1. The first-order valence-corrected chi connectivity index (χ1v) is 8.01. The van der Waals surface area contributed by atoms with Crippen LogP contribution in [-0.4, -0.2) is 47.0 Å². The van der Waals surface area contributed by atoms with E-state index >= 15 is 0 Å². The molecular formula is C18H23FN4O. The molecule has 1 aromatic heterocycles. The van der Waals surface area contributed by atoms with Gasteiger partial charge in [-0.05, 0) is 38.1 Å². The maximum Gasteiger partial charge on any atom is 0.234 e. The van der Waals surface area contributed by atoms with E-state index in [1.165, 1.54) is 12.1 Å². The number of aromatic nitrogens is 2. The quantitative estimate of drug-likeness (QED) is 0.802. The summed E-state index contributed by atoms with van der Waals surface area (Å²) in [6, 6.07) is 6.51. The molecule has 5 nitrogen and oxygen atoms in total. The average molecular weight is 330 g/mol. The molecule has 1 N–H and O–H groups in total. The molecule has 0 saturated heterocycles.